The van der Waals surface area contributed by atoms with Crippen LogP contribution < -0.4 is 16.0 Å². The lowest BCUT2D eigenvalue weighted by Gasteiger charge is -2.22. The Morgan fingerprint density at radius 2 is 1.85 bits per heavy atom. The molecule has 0 aliphatic rings. The van der Waals surface area contributed by atoms with Gasteiger partial charge in [-0.25, -0.2) is 0 Å². The van der Waals surface area contributed by atoms with E-state index in [9.17, 15) is 0 Å². The van der Waals surface area contributed by atoms with E-state index in [1.165, 1.54) is 0 Å². The highest BCUT2D eigenvalue weighted by Crippen LogP contribution is 2.04. The first-order chi connectivity index (χ1) is 5.85. The van der Waals surface area contributed by atoms with E-state index in [4.69, 9.17) is 10.8 Å². The minimum Gasteiger partial charge on any atom is -0.357 e. The zero-order chi connectivity index (χ0) is 10.5. The maximum atomic E-state index is 7.40. The molecule has 0 bridgehead atoms. The largest absolute Gasteiger partial charge is 0.357 e. The molecular weight excluding hydrogens is 186 g/mol. The molecule has 0 saturated carbocycles. The van der Waals surface area contributed by atoms with Crippen LogP contribution in [-0.4, -0.2) is 23.3 Å². The summed E-state index contributed by atoms with van der Waals surface area (Å²) in [6, 6.07) is 0. The summed E-state index contributed by atoms with van der Waals surface area (Å²) in [5.74, 6) is 0.170. The number of guanidine groups is 2. The molecule has 0 aliphatic carbocycles. The second-order valence-corrected chi connectivity index (χ2v) is 4.21. The van der Waals surface area contributed by atoms with Crippen molar-refractivity contribution < 1.29 is 0 Å². The van der Waals surface area contributed by atoms with E-state index in [1.54, 1.807) is 0 Å². The predicted octanol–water partition coefficient (Wildman–Crippen LogP) is 0.311. The number of rotatable bonds is 2. The fourth-order valence-corrected chi connectivity index (χ4v) is 0.795. The minimum absolute atomic E-state index is 0.0611. The highest BCUT2D eigenvalue weighted by atomic mass is 32.1. The van der Waals surface area contributed by atoms with Crippen LogP contribution in [0.15, 0.2) is 0 Å². The number of hydrogen-bond donors (Lipinski definition) is 6. The van der Waals surface area contributed by atoms with Gasteiger partial charge in [-0.05, 0) is 20.8 Å². The zero-order valence-electron chi connectivity index (χ0n) is 8.15. The Balaban J connectivity index is 3.82. The lowest BCUT2D eigenvalue weighted by molar-refractivity contribution is 0.660. The zero-order valence-corrected chi connectivity index (χ0v) is 9.05. The first-order valence-electron chi connectivity index (χ1n) is 4.03. The summed E-state index contributed by atoms with van der Waals surface area (Å²) >= 11 is 4.19. The summed E-state index contributed by atoms with van der Waals surface area (Å²) in [6.45, 7) is 6.19. The van der Waals surface area contributed by atoms with Gasteiger partial charge < -0.3 is 10.6 Å². The van der Waals surface area contributed by atoms with E-state index in [-0.39, 0.29) is 11.9 Å². The first kappa shape index (κ1) is 12.1. The van der Waals surface area contributed by atoms with Crippen molar-refractivity contribution in [2.45, 2.75) is 25.6 Å². The number of thiol groups is 1. The average molecular weight is 203 g/mol. The summed E-state index contributed by atoms with van der Waals surface area (Å²) in [5.41, 5.74) is 0. The Morgan fingerprint density at radius 3 is 2.23 bits per heavy atom. The van der Waals surface area contributed by atoms with Crippen molar-refractivity contribution in [2.75, 3.05) is 6.54 Å². The molecule has 0 fully saturated rings. The van der Waals surface area contributed by atoms with E-state index in [2.05, 4.69) is 28.6 Å². The van der Waals surface area contributed by atoms with Gasteiger partial charge in [0.05, 0.1) is 4.87 Å². The quantitative estimate of drug-likeness (QED) is 0.169. The summed E-state index contributed by atoms with van der Waals surface area (Å²) in [4.78, 5) is -0.462. The first-order valence-corrected chi connectivity index (χ1v) is 4.48. The summed E-state index contributed by atoms with van der Waals surface area (Å²) < 4.78 is 0. The Labute approximate surface area is 84.1 Å². The molecule has 0 radical (unpaired) electrons. The second-order valence-electron chi connectivity index (χ2n) is 3.09. The van der Waals surface area contributed by atoms with E-state index in [0.717, 1.165) is 0 Å². The molecule has 6 heteroatoms. The molecule has 0 aliphatic heterocycles. The number of hydrogen-bond acceptors (Lipinski definition) is 3. The maximum absolute atomic E-state index is 7.40. The van der Waals surface area contributed by atoms with Gasteiger partial charge in [0.1, 0.15) is 0 Å². The molecule has 5 N–H and O–H groups in total. The summed E-state index contributed by atoms with van der Waals surface area (Å²) in [7, 11) is 0. The van der Waals surface area contributed by atoms with Crippen molar-refractivity contribution in [3.63, 3.8) is 0 Å². The highest BCUT2D eigenvalue weighted by molar-refractivity contribution is 7.81. The highest BCUT2D eigenvalue weighted by Gasteiger charge is 2.12. The van der Waals surface area contributed by atoms with Crippen LogP contribution in [0.2, 0.25) is 0 Å². The standard InChI is InChI=1S/C7H17N5S/c1-4-10-5(8)11-6(9)12-7(2,3)13/h13H,4H2,1-3H3,(H5,8,9,10,11,12). The molecule has 0 atom stereocenters. The molecule has 5 nitrogen and oxygen atoms in total. The van der Waals surface area contributed by atoms with Gasteiger partial charge in [0.15, 0.2) is 11.9 Å². The van der Waals surface area contributed by atoms with Crippen LogP contribution >= 0.6 is 12.6 Å². The van der Waals surface area contributed by atoms with Gasteiger partial charge in [0.25, 0.3) is 0 Å². The maximum Gasteiger partial charge on any atom is 0.196 e. The van der Waals surface area contributed by atoms with Gasteiger partial charge >= 0.3 is 0 Å². The van der Waals surface area contributed by atoms with E-state index < -0.39 is 4.87 Å². The molecule has 0 unspecified atom stereocenters. The van der Waals surface area contributed by atoms with E-state index in [1.807, 2.05) is 20.8 Å². The second kappa shape index (κ2) is 4.96. The van der Waals surface area contributed by atoms with Crippen LogP contribution in [0.25, 0.3) is 0 Å². The van der Waals surface area contributed by atoms with Gasteiger partial charge in [-0.15, -0.1) is 0 Å². The van der Waals surface area contributed by atoms with E-state index >= 15 is 0 Å². The monoisotopic (exact) mass is 203 g/mol. The molecule has 13 heavy (non-hydrogen) atoms. The summed E-state index contributed by atoms with van der Waals surface area (Å²) in [6.07, 6.45) is 0. The Kier molecular flexibility index (Phi) is 4.61. The third-order valence-corrected chi connectivity index (χ3v) is 1.15. The van der Waals surface area contributed by atoms with Crippen molar-refractivity contribution in [1.29, 1.82) is 10.8 Å². The van der Waals surface area contributed by atoms with Crippen molar-refractivity contribution in [3.05, 3.63) is 0 Å². The molecule has 0 saturated heterocycles. The fourth-order valence-electron chi connectivity index (χ4n) is 0.683. The van der Waals surface area contributed by atoms with Crippen molar-refractivity contribution in [3.8, 4) is 0 Å². The van der Waals surface area contributed by atoms with Crippen LogP contribution in [0.4, 0.5) is 0 Å². The molecule has 0 heterocycles. The molecular formula is C7H17N5S. The predicted molar refractivity (Wildman–Crippen MR) is 58.5 cm³/mol. The fraction of sp³-hybridized carbons (Fsp3) is 0.714. The Bertz CT molecular complexity index is 196. The average Bonchev–Trinajstić information content (AvgIpc) is 1.81. The van der Waals surface area contributed by atoms with Crippen LogP contribution in [0.1, 0.15) is 20.8 Å². The van der Waals surface area contributed by atoms with Crippen molar-refractivity contribution in [1.82, 2.24) is 16.0 Å². The van der Waals surface area contributed by atoms with Gasteiger partial charge in [-0.1, -0.05) is 0 Å². The molecule has 76 valence electrons. The lowest BCUT2D eigenvalue weighted by Crippen LogP contribution is -2.50. The van der Waals surface area contributed by atoms with Crippen LogP contribution in [0.3, 0.4) is 0 Å². The van der Waals surface area contributed by atoms with Crippen LogP contribution in [0, 0.1) is 10.8 Å². The Morgan fingerprint density at radius 1 is 1.31 bits per heavy atom. The lowest BCUT2D eigenvalue weighted by atomic mass is 10.4. The van der Waals surface area contributed by atoms with Crippen LogP contribution in [0.5, 0.6) is 0 Å². The van der Waals surface area contributed by atoms with Crippen molar-refractivity contribution >= 4 is 24.5 Å². The molecule has 0 spiro atoms. The summed E-state index contributed by atoms with van der Waals surface area (Å²) in [5, 5.41) is 22.7. The molecule has 0 aromatic heterocycles. The third-order valence-electron chi connectivity index (χ3n) is 1.03. The van der Waals surface area contributed by atoms with Gasteiger partial charge in [-0.3, -0.25) is 16.1 Å². The van der Waals surface area contributed by atoms with Gasteiger partial charge in [-0.2, -0.15) is 12.6 Å². The molecule has 0 amide bonds. The topological polar surface area (TPSA) is 83.8 Å². The van der Waals surface area contributed by atoms with Crippen molar-refractivity contribution in [2.24, 2.45) is 0 Å². The minimum atomic E-state index is -0.462. The molecule has 0 rings (SSSR count). The van der Waals surface area contributed by atoms with E-state index in [0.29, 0.717) is 6.54 Å². The normalized spacial score (nSPS) is 10.5. The van der Waals surface area contributed by atoms with Gasteiger partial charge in [0, 0.05) is 6.54 Å². The number of nitrogens with one attached hydrogen (secondary N) is 5. The van der Waals surface area contributed by atoms with Crippen LogP contribution in [-0.2, 0) is 0 Å². The molecule has 0 aromatic carbocycles. The SMILES string of the molecule is CCNC(=N)NC(=N)NC(C)(C)S. The van der Waals surface area contributed by atoms with Gasteiger partial charge in [0.2, 0.25) is 0 Å². The Hall–Kier alpha value is -0.910. The smallest absolute Gasteiger partial charge is 0.196 e. The third kappa shape index (κ3) is 7.45. The molecule has 0 aromatic rings.